The Balaban J connectivity index is 1.74. The topological polar surface area (TPSA) is 46.6 Å². The van der Waals surface area contributed by atoms with Crippen LogP contribution >= 0.6 is 0 Å². The summed E-state index contributed by atoms with van der Waals surface area (Å²) in [6.45, 7) is 4.06. The molecule has 7 heteroatoms. The molecule has 0 bridgehead atoms. The third-order valence-electron chi connectivity index (χ3n) is 4.38. The van der Waals surface area contributed by atoms with Gasteiger partial charge in [0.25, 0.3) is 0 Å². The second-order valence-electron chi connectivity index (χ2n) is 6.18. The van der Waals surface area contributed by atoms with Crippen molar-refractivity contribution in [2.45, 2.75) is 26.5 Å². The molecule has 140 valence electrons. The van der Waals surface area contributed by atoms with Crippen molar-refractivity contribution >= 4 is 11.5 Å². The van der Waals surface area contributed by atoms with Crippen LogP contribution in [-0.4, -0.2) is 37.9 Å². The molecule has 1 atom stereocenters. The summed E-state index contributed by atoms with van der Waals surface area (Å²) in [4.78, 5) is 6.86. The molecular formula is C19H23F2N3O2. The fraction of sp³-hybridized carbons (Fsp3) is 0.421. The van der Waals surface area contributed by atoms with Gasteiger partial charge in [-0.15, -0.1) is 0 Å². The number of nitrogens with one attached hydrogen (secondary N) is 1. The number of ether oxygens (including phenoxy) is 2. The average molecular weight is 363 g/mol. The molecule has 1 fully saturated rings. The predicted octanol–water partition coefficient (Wildman–Crippen LogP) is 4.00. The molecule has 0 aliphatic carbocycles. The standard InChI is InChI=1S/C19H23F2N3O2/c1-13(15-5-3-4-6-17(15)26-19(20)21)22-16-7-8-18(23-14(16)2)24-9-11-25-12-10-24/h3-8,13,19,22H,9-12H2,1-2H3/t13-/m0/s1. The molecule has 0 saturated carbocycles. The highest BCUT2D eigenvalue weighted by atomic mass is 19.3. The largest absolute Gasteiger partial charge is 0.434 e. The Morgan fingerprint density at radius 3 is 2.58 bits per heavy atom. The first-order chi connectivity index (χ1) is 12.5. The molecule has 0 amide bonds. The lowest BCUT2D eigenvalue weighted by Gasteiger charge is -2.28. The number of morpholine rings is 1. The van der Waals surface area contributed by atoms with Gasteiger partial charge in [0.1, 0.15) is 11.6 Å². The van der Waals surface area contributed by atoms with Crippen molar-refractivity contribution in [1.29, 1.82) is 0 Å². The van der Waals surface area contributed by atoms with E-state index < -0.39 is 6.61 Å². The number of hydrogen-bond acceptors (Lipinski definition) is 5. The van der Waals surface area contributed by atoms with Crippen molar-refractivity contribution in [2.24, 2.45) is 0 Å². The molecule has 5 nitrogen and oxygen atoms in total. The minimum Gasteiger partial charge on any atom is -0.434 e. The summed E-state index contributed by atoms with van der Waals surface area (Å²) in [5.74, 6) is 1.10. The number of aromatic nitrogens is 1. The highest BCUT2D eigenvalue weighted by molar-refractivity contribution is 5.55. The van der Waals surface area contributed by atoms with Crippen molar-refractivity contribution in [3.63, 3.8) is 0 Å². The molecule has 2 heterocycles. The van der Waals surface area contributed by atoms with Gasteiger partial charge in [0.2, 0.25) is 0 Å². The Bertz CT molecular complexity index is 736. The van der Waals surface area contributed by atoms with Gasteiger partial charge in [-0.3, -0.25) is 0 Å². The van der Waals surface area contributed by atoms with Crippen LogP contribution in [0.25, 0.3) is 0 Å². The zero-order valence-electron chi connectivity index (χ0n) is 14.9. The lowest BCUT2D eigenvalue weighted by atomic mass is 10.1. The first-order valence-corrected chi connectivity index (χ1v) is 8.65. The number of alkyl halides is 2. The molecule has 1 aromatic heterocycles. The van der Waals surface area contributed by atoms with Crippen molar-refractivity contribution in [3.05, 3.63) is 47.7 Å². The van der Waals surface area contributed by atoms with Crippen molar-refractivity contribution in [1.82, 2.24) is 4.98 Å². The predicted molar refractivity (Wildman–Crippen MR) is 97.1 cm³/mol. The van der Waals surface area contributed by atoms with Gasteiger partial charge in [-0.2, -0.15) is 8.78 Å². The molecule has 1 aromatic carbocycles. The Morgan fingerprint density at radius 2 is 1.88 bits per heavy atom. The number of rotatable bonds is 6. The Hall–Kier alpha value is -2.41. The van der Waals surface area contributed by atoms with Crippen molar-refractivity contribution in [2.75, 3.05) is 36.5 Å². The first kappa shape index (κ1) is 18.4. The van der Waals surface area contributed by atoms with Crippen LogP contribution in [0.5, 0.6) is 5.75 Å². The number of hydrogen-bond donors (Lipinski definition) is 1. The van der Waals surface area contributed by atoms with E-state index in [2.05, 4.69) is 19.9 Å². The van der Waals surface area contributed by atoms with E-state index in [4.69, 9.17) is 4.74 Å². The van der Waals surface area contributed by atoms with E-state index in [1.165, 1.54) is 0 Å². The monoisotopic (exact) mass is 363 g/mol. The molecule has 3 rings (SSSR count). The van der Waals surface area contributed by atoms with Crippen LogP contribution in [0, 0.1) is 6.92 Å². The SMILES string of the molecule is Cc1nc(N2CCOCC2)ccc1N[C@@H](C)c1ccccc1OC(F)F. The van der Waals surface area contributed by atoms with E-state index in [-0.39, 0.29) is 11.8 Å². The Morgan fingerprint density at radius 1 is 1.15 bits per heavy atom. The van der Waals surface area contributed by atoms with E-state index in [0.717, 1.165) is 30.3 Å². The molecule has 2 aromatic rings. The second-order valence-corrected chi connectivity index (χ2v) is 6.18. The summed E-state index contributed by atoms with van der Waals surface area (Å²) < 4.78 is 35.2. The zero-order chi connectivity index (χ0) is 18.5. The lowest BCUT2D eigenvalue weighted by Crippen LogP contribution is -2.36. The molecule has 1 aliphatic heterocycles. The molecule has 26 heavy (non-hydrogen) atoms. The molecule has 0 unspecified atom stereocenters. The molecule has 0 radical (unpaired) electrons. The third kappa shape index (κ3) is 4.40. The van der Waals surface area contributed by atoms with Gasteiger partial charge in [0, 0.05) is 18.7 Å². The van der Waals surface area contributed by atoms with Crippen LogP contribution in [-0.2, 0) is 4.74 Å². The summed E-state index contributed by atoms with van der Waals surface area (Å²) in [5, 5.41) is 3.34. The van der Waals surface area contributed by atoms with Crippen LogP contribution in [0.2, 0.25) is 0 Å². The van der Waals surface area contributed by atoms with Crippen LogP contribution in [0.1, 0.15) is 24.2 Å². The maximum Gasteiger partial charge on any atom is 0.387 e. The summed E-state index contributed by atoms with van der Waals surface area (Å²) in [6.07, 6.45) is 0. The zero-order valence-corrected chi connectivity index (χ0v) is 14.9. The van der Waals surface area contributed by atoms with Gasteiger partial charge in [0.05, 0.1) is 30.6 Å². The van der Waals surface area contributed by atoms with Gasteiger partial charge in [-0.25, -0.2) is 4.98 Å². The number of anilines is 2. The van der Waals surface area contributed by atoms with Crippen LogP contribution in [0.3, 0.4) is 0 Å². The maximum absolute atomic E-state index is 12.6. The highest BCUT2D eigenvalue weighted by Crippen LogP contribution is 2.30. The van der Waals surface area contributed by atoms with Gasteiger partial charge in [-0.05, 0) is 32.0 Å². The third-order valence-corrected chi connectivity index (χ3v) is 4.38. The van der Waals surface area contributed by atoms with E-state index in [1.807, 2.05) is 26.0 Å². The minimum atomic E-state index is -2.85. The molecule has 1 N–H and O–H groups in total. The molecule has 0 spiro atoms. The average Bonchev–Trinajstić information content (AvgIpc) is 2.64. The van der Waals surface area contributed by atoms with Gasteiger partial charge in [-0.1, -0.05) is 18.2 Å². The van der Waals surface area contributed by atoms with Gasteiger partial charge in [0.15, 0.2) is 0 Å². The molecule has 1 aliphatic rings. The van der Waals surface area contributed by atoms with Gasteiger partial charge >= 0.3 is 6.61 Å². The fourth-order valence-electron chi connectivity index (χ4n) is 3.02. The van der Waals surface area contributed by atoms with E-state index in [0.29, 0.717) is 18.8 Å². The van der Waals surface area contributed by atoms with Crippen LogP contribution in [0.15, 0.2) is 36.4 Å². The maximum atomic E-state index is 12.6. The quantitative estimate of drug-likeness (QED) is 0.841. The Kier molecular flexibility index (Phi) is 5.88. The highest BCUT2D eigenvalue weighted by Gasteiger charge is 2.17. The van der Waals surface area contributed by atoms with E-state index in [1.54, 1.807) is 24.3 Å². The normalized spacial score (nSPS) is 15.8. The smallest absolute Gasteiger partial charge is 0.387 e. The lowest BCUT2D eigenvalue weighted by molar-refractivity contribution is -0.0505. The van der Waals surface area contributed by atoms with Crippen LogP contribution < -0.4 is 15.0 Å². The molecule has 1 saturated heterocycles. The van der Waals surface area contributed by atoms with Crippen molar-refractivity contribution in [3.8, 4) is 5.75 Å². The fourth-order valence-corrected chi connectivity index (χ4v) is 3.02. The summed E-state index contributed by atoms with van der Waals surface area (Å²) >= 11 is 0. The Labute approximate surface area is 151 Å². The number of pyridine rings is 1. The van der Waals surface area contributed by atoms with Gasteiger partial charge < -0.3 is 19.7 Å². The summed E-state index contributed by atoms with van der Waals surface area (Å²) in [7, 11) is 0. The van der Waals surface area contributed by atoms with E-state index in [9.17, 15) is 8.78 Å². The van der Waals surface area contributed by atoms with E-state index >= 15 is 0 Å². The first-order valence-electron chi connectivity index (χ1n) is 8.65. The number of benzene rings is 1. The second kappa shape index (κ2) is 8.31. The minimum absolute atomic E-state index is 0.179. The molecular weight excluding hydrogens is 340 g/mol. The number of aryl methyl sites for hydroxylation is 1. The number of halogens is 2. The number of para-hydroxylation sites is 1. The summed E-state index contributed by atoms with van der Waals surface area (Å²) in [5.41, 5.74) is 2.39. The number of nitrogens with zero attached hydrogens (tertiary/aromatic N) is 2. The van der Waals surface area contributed by atoms with Crippen molar-refractivity contribution < 1.29 is 18.3 Å². The van der Waals surface area contributed by atoms with Crippen LogP contribution in [0.4, 0.5) is 20.3 Å². The summed E-state index contributed by atoms with van der Waals surface area (Å²) in [6, 6.07) is 10.5.